The molecule has 3 aromatic rings. The van der Waals surface area contributed by atoms with Crippen molar-refractivity contribution in [2.45, 2.75) is 32.7 Å². The van der Waals surface area contributed by atoms with Crippen LogP contribution in [0.4, 0.5) is 0 Å². The number of carbonyl (C=O) groups excluding carboxylic acids is 1. The number of hydrogen-bond donors (Lipinski definition) is 1. The number of hydrogen-bond acceptors (Lipinski definition) is 4. The summed E-state index contributed by atoms with van der Waals surface area (Å²) < 4.78 is 5.24. The molecule has 0 radical (unpaired) electrons. The van der Waals surface area contributed by atoms with Gasteiger partial charge in [-0.1, -0.05) is 19.1 Å². The van der Waals surface area contributed by atoms with Crippen LogP contribution in [0.15, 0.2) is 58.0 Å². The van der Waals surface area contributed by atoms with Gasteiger partial charge >= 0.3 is 5.63 Å². The Morgan fingerprint density at radius 1 is 1.20 bits per heavy atom. The van der Waals surface area contributed by atoms with Crippen molar-refractivity contribution in [3.8, 4) is 0 Å². The molecule has 0 saturated carbocycles. The Kier molecular flexibility index (Phi) is 4.93. The summed E-state index contributed by atoms with van der Waals surface area (Å²) in [6.45, 7) is 3.94. The molecule has 2 heterocycles. The SMILES string of the molecule is CCC(NC(=O)Cc1cc(=O)oc2cc(C)ccc12)c1ccncc1. The Labute approximate surface area is 145 Å². The highest BCUT2D eigenvalue weighted by atomic mass is 16.4. The van der Waals surface area contributed by atoms with E-state index in [0.29, 0.717) is 11.1 Å². The van der Waals surface area contributed by atoms with E-state index in [9.17, 15) is 9.59 Å². The number of aryl methyl sites for hydroxylation is 1. The number of nitrogens with one attached hydrogen (secondary N) is 1. The average molecular weight is 336 g/mol. The molecule has 0 saturated heterocycles. The second-order valence-electron chi connectivity index (χ2n) is 6.08. The lowest BCUT2D eigenvalue weighted by Crippen LogP contribution is -2.29. The minimum absolute atomic E-state index is 0.0795. The predicted octanol–water partition coefficient (Wildman–Crippen LogP) is 3.31. The van der Waals surface area contributed by atoms with Crippen molar-refractivity contribution in [3.05, 3.63) is 75.9 Å². The zero-order valence-electron chi connectivity index (χ0n) is 14.3. The Balaban J connectivity index is 1.83. The second kappa shape index (κ2) is 7.30. The molecule has 0 aliphatic carbocycles. The molecule has 0 spiro atoms. The van der Waals surface area contributed by atoms with Crippen molar-refractivity contribution in [2.24, 2.45) is 0 Å². The Hall–Kier alpha value is -2.95. The number of fused-ring (bicyclic) bond motifs is 1. The highest BCUT2D eigenvalue weighted by Crippen LogP contribution is 2.20. The monoisotopic (exact) mass is 336 g/mol. The fourth-order valence-corrected chi connectivity index (χ4v) is 2.92. The summed E-state index contributed by atoms with van der Waals surface area (Å²) in [6, 6.07) is 10.7. The topological polar surface area (TPSA) is 72.2 Å². The van der Waals surface area contributed by atoms with E-state index < -0.39 is 5.63 Å². The normalized spacial score (nSPS) is 12.1. The van der Waals surface area contributed by atoms with Gasteiger partial charge in [-0.2, -0.15) is 0 Å². The van der Waals surface area contributed by atoms with Gasteiger partial charge in [0.2, 0.25) is 5.91 Å². The maximum Gasteiger partial charge on any atom is 0.336 e. The van der Waals surface area contributed by atoms with Gasteiger partial charge < -0.3 is 9.73 Å². The third kappa shape index (κ3) is 3.94. The third-order valence-electron chi connectivity index (χ3n) is 4.19. The van der Waals surface area contributed by atoms with Crippen LogP contribution in [0.5, 0.6) is 0 Å². The standard InChI is InChI=1S/C20H20N2O3/c1-3-17(14-6-8-21-9-7-14)22-19(23)11-15-12-20(24)25-18-10-13(2)4-5-16(15)18/h4-10,12,17H,3,11H2,1-2H3,(H,22,23). The van der Waals surface area contributed by atoms with Gasteiger partial charge in [-0.3, -0.25) is 9.78 Å². The molecule has 3 rings (SSSR count). The van der Waals surface area contributed by atoms with Crippen molar-refractivity contribution in [2.75, 3.05) is 0 Å². The number of benzene rings is 1. The lowest BCUT2D eigenvalue weighted by Gasteiger charge is -2.17. The number of amides is 1. The van der Waals surface area contributed by atoms with Crippen LogP contribution in [-0.2, 0) is 11.2 Å². The van der Waals surface area contributed by atoms with Crippen LogP contribution in [0.1, 0.15) is 36.1 Å². The van der Waals surface area contributed by atoms with Gasteiger partial charge in [0, 0.05) is 23.8 Å². The number of pyridine rings is 1. The predicted molar refractivity (Wildman–Crippen MR) is 96.3 cm³/mol. The van der Waals surface area contributed by atoms with Crippen molar-refractivity contribution in [1.82, 2.24) is 10.3 Å². The molecule has 25 heavy (non-hydrogen) atoms. The van der Waals surface area contributed by atoms with Gasteiger partial charge in [0.25, 0.3) is 0 Å². The molecular weight excluding hydrogens is 316 g/mol. The van der Waals surface area contributed by atoms with E-state index in [1.54, 1.807) is 12.4 Å². The summed E-state index contributed by atoms with van der Waals surface area (Å²) in [5, 5.41) is 3.82. The molecule has 2 aromatic heterocycles. The van der Waals surface area contributed by atoms with Crippen molar-refractivity contribution in [1.29, 1.82) is 0 Å². The summed E-state index contributed by atoms with van der Waals surface area (Å²) >= 11 is 0. The molecule has 5 heteroatoms. The molecule has 1 atom stereocenters. The maximum atomic E-state index is 12.5. The van der Waals surface area contributed by atoms with Crippen LogP contribution in [0, 0.1) is 6.92 Å². The molecule has 128 valence electrons. The zero-order chi connectivity index (χ0) is 17.8. The lowest BCUT2D eigenvalue weighted by molar-refractivity contribution is -0.121. The van der Waals surface area contributed by atoms with Gasteiger partial charge in [-0.15, -0.1) is 0 Å². The van der Waals surface area contributed by atoms with E-state index in [2.05, 4.69) is 10.3 Å². The van der Waals surface area contributed by atoms with Crippen LogP contribution >= 0.6 is 0 Å². The highest BCUT2D eigenvalue weighted by molar-refractivity contribution is 5.87. The number of carbonyl (C=O) groups is 1. The molecule has 5 nitrogen and oxygen atoms in total. The van der Waals surface area contributed by atoms with Gasteiger partial charge in [-0.25, -0.2) is 4.79 Å². The molecule has 1 unspecified atom stereocenters. The van der Waals surface area contributed by atoms with E-state index in [0.717, 1.165) is 22.9 Å². The van der Waals surface area contributed by atoms with E-state index in [4.69, 9.17) is 4.42 Å². The van der Waals surface area contributed by atoms with Crippen LogP contribution < -0.4 is 10.9 Å². The van der Waals surface area contributed by atoms with Crippen molar-refractivity contribution < 1.29 is 9.21 Å². The first-order valence-corrected chi connectivity index (χ1v) is 8.29. The number of nitrogens with zero attached hydrogens (tertiary/aromatic N) is 1. The Morgan fingerprint density at radius 3 is 2.68 bits per heavy atom. The van der Waals surface area contributed by atoms with Gasteiger partial charge in [0.05, 0.1) is 12.5 Å². The van der Waals surface area contributed by atoms with Crippen LogP contribution in [-0.4, -0.2) is 10.9 Å². The third-order valence-corrected chi connectivity index (χ3v) is 4.19. The molecule has 0 aliphatic heterocycles. The fraction of sp³-hybridized carbons (Fsp3) is 0.250. The first-order valence-electron chi connectivity index (χ1n) is 8.29. The highest BCUT2D eigenvalue weighted by Gasteiger charge is 2.15. The minimum Gasteiger partial charge on any atom is -0.423 e. The van der Waals surface area contributed by atoms with Crippen LogP contribution in [0.3, 0.4) is 0 Å². The molecule has 1 aromatic carbocycles. The summed E-state index contributed by atoms with van der Waals surface area (Å²) in [5.41, 5.74) is 2.76. The summed E-state index contributed by atoms with van der Waals surface area (Å²) in [7, 11) is 0. The van der Waals surface area contributed by atoms with Gasteiger partial charge in [0.1, 0.15) is 5.58 Å². The quantitative estimate of drug-likeness (QED) is 0.726. The average Bonchev–Trinajstić information content (AvgIpc) is 2.59. The molecule has 1 amide bonds. The van der Waals surface area contributed by atoms with Gasteiger partial charge in [0.15, 0.2) is 0 Å². The first kappa shape index (κ1) is 16.9. The molecule has 0 bridgehead atoms. The largest absolute Gasteiger partial charge is 0.423 e. The smallest absolute Gasteiger partial charge is 0.336 e. The first-order chi connectivity index (χ1) is 12.1. The van der Waals surface area contributed by atoms with E-state index in [-0.39, 0.29) is 18.4 Å². The molecule has 0 aliphatic rings. The Bertz CT molecular complexity index is 948. The van der Waals surface area contributed by atoms with Crippen molar-refractivity contribution in [3.63, 3.8) is 0 Å². The summed E-state index contributed by atoms with van der Waals surface area (Å²) in [5.74, 6) is -0.129. The summed E-state index contributed by atoms with van der Waals surface area (Å²) in [6.07, 6.45) is 4.32. The Morgan fingerprint density at radius 2 is 1.96 bits per heavy atom. The van der Waals surface area contributed by atoms with E-state index in [1.165, 1.54) is 6.07 Å². The molecule has 1 N–H and O–H groups in total. The van der Waals surface area contributed by atoms with Crippen LogP contribution in [0.25, 0.3) is 11.0 Å². The fourth-order valence-electron chi connectivity index (χ4n) is 2.92. The lowest BCUT2D eigenvalue weighted by atomic mass is 10.0. The van der Waals surface area contributed by atoms with Crippen LogP contribution in [0.2, 0.25) is 0 Å². The van der Waals surface area contributed by atoms with Gasteiger partial charge in [-0.05, 0) is 48.2 Å². The molecular formula is C20H20N2O3. The minimum atomic E-state index is -0.443. The van der Waals surface area contributed by atoms with Crippen molar-refractivity contribution >= 4 is 16.9 Å². The second-order valence-corrected chi connectivity index (χ2v) is 6.08. The number of rotatable bonds is 5. The van der Waals surface area contributed by atoms with E-state index >= 15 is 0 Å². The maximum absolute atomic E-state index is 12.5. The zero-order valence-corrected chi connectivity index (χ0v) is 14.3. The number of aromatic nitrogens is 1. The van der Waals surface area contributed by atoms with E-state index in [1.807, 2.05) is 44.2 Å². The molecule has 0 fully saturated rings. The summed E-state index contributed by atoms with van der Waals surface area (Å²) in [4.78, 5) is 28.3.